The van der Waals surface area contributed by atoms with Crippen molar-refractivity contribution in [2.24, 2.45) is 10.7 Å². The number of nitrogens with one attached hydrogen (secondary N) is 1. The van der Waals surface area contributed by atoms with E-state index in [4.69, 9.17) is 15.5 Å². The molecule has 0 aromatic rings. The van der Waals surface area contributed by atoms with Crippen LogP contribution in [0, 0.1) is 0 Å². The van der Waals surface area contributed by atoms with Gasteiger partial charge in [0.05, 0.1) is 18.0 Å². The third-order valence-electron chi connectivity index (χ3n) is 3.58. The minimum absolute atomic E-state index is 0.120. The van der Waals surface area contributed by atoms with E-state index in [-0.39, 0.29) is 11.6 Å². The summed E-state index contributed by atoms with van der Waals surface area (Å²) in [5.74, 6) is -0.345. The van der Waals surface area contributed by atoms with Gasteiger partial charge in [-0.05, 0) is 46.3 Å². The van der Waals surface area contributed by atoms with Crippen LogP contribution in [0.25, 0.3) is 0 Å². The zero-order valence-corrected chi connectivity index (χ0v) is 17.2. The molecule has 5 nitrogen and oxygen atoms in total. The fourth-order valence-electron chi connectivity index (χ4n) is 2.08. The molecule has 0 aliphatic carbocycles. The second-order valence-corrected chi connectivity index (χ2v) is 5.52. The van der Waals surface area contributed by atoms with E-state index in [2.05, 4.69) is 11.9 Å². The fourth-order valence-corrected chi connectivity index (χ4v) is 2.08. The average molecular weight is 372 g/mol. The van der Waals surface area contributed by atoms with Crippen LogP contribution in [0.3, 0.4) is 0 Å². The Kier molecular flexibility index (Phi) is 13.1. The lowest BCUT2D eigenvalue weighted by Crippen LogP contribution is -2.33. The molecular formula is C22H33N3O2. The first kappa shape index (κ1) is 24.3. The van der Waals surface area contributed by atoms with Gasteiger partial charge < -0.3 is 15.8 Å². The molecule has 0 radical (unpaired) electrons. The molecule has 0 unspecified atom stereocenters. The quantitative estimate of drug-likeness (QED) is 0.250. The van der Waals surface area contributed by atoms with Crippen molar-refractivity contribution >= 4 is 11.6 Å². The number of ether oxygens (including phenoxy) is 1. The molecule has 27 heavy (non-hydrogen) atoms. The van der Waals surface area contributed by atoms with Gasteiger partial charge >= 0.3 is 0 Å². The number of nitrogens with zero attached hydrogens (tertiary/aromatic N) is 1. The highest BCUT2D eigenvalue weighted by molar-refractivity contribution is 6.17. The Bertz CT molecular complexity index is 678. The molecule has 0 spiro atoms. The van der Waals surface area contributed by atoms with Crippen molar-refractivity contribution in [1.29, 1.82) is 0 Å². The van der Waals surface area contributed by atoms with E-state index < -0.39 is 0 Å². The van der Waals surface area contributed by atoms with Gasteiger partial charge in [0.25, 0.3) is 5.91 Å². The van der Waals surface area contributed by atoms with Crippen molar-refractivity contribution in [3.63, 3.8) is 0 Å². The van der Waals surface area contributed by atoms with Crippen LogP contribution in [0.15, 0.2) is 76.6 Å². The van der Waals surface area contributed by atoms with Crippen LogP contribution < -0.4 is 11.1 Å². The summed E-state index contributed by atoms with van der Waals surface area (Å²) >= 11 is 0. The lowest BCUT2D eigenvalue weighted by Gasteiger charge is -2.13. The molecule has 0 aromatic heterocycles. The van der Waals surface area contributed by atoms with E-state index >= 15 is 0 Å². The number of carbonyl (C=O) groups is 1. The van der Waals surface area contributed by atoms with Gasteiger partial charge in [-0.2, -0.15) is 0 Å². The number of nitrogens with two attached hydrogens (primary N) is 1. The minimum Gasteiger partial charge on any atom is -0.394 e. The van der Waals surface area contributed by atoms with Crippen molar-refractivity contribution < 1.29 is 9.53 Å². The van der Waals surface area contributed by atoms with E-state index in [1.165, 1.54) is 0 Å². The Morgan fingerprint density at radius 3 is 2.48 bits per heavy atom. The molecule has 0 rings (SSSR count). The second kappa shape index (κ2) is 14.5. The molecule has 0 aliphatic heterocycles. The molecule has 0 heterocycles. The number of carbonyl (C=O) groups excluding carboxylic acids is 1. The van der Waals surface area contributed by atoms with Gasteiger partial charge in [0.15, 0.2) is 0 Å². The molecule has 0 bridgehead atoms. The van der Waals surface area contributed by atoms with Crippen LogP contribution in [0.1, 0.15) is 34.6 Å². The van der Waals surface area contributed by atoms with Crippen LogP contribution in [-0.2, 0) is 9.53 Å². The summed E-state index contributed by atoms with van der Waals surface area (Å²) in [6.07, 6.45) is 13.1. The Morgan fingerprint density at radius 1 is 1.26 bits per heavy atom. The summed E-state index contributed by atoms with van der Waals surface area (Å²) in [5, 5.41) is 2.76. The topological polar surface area (TPSA) is 76.7 Å². The predicted octanol–water partition coefficient (Wildman–Crippen LogP) is 3.98. The molecule has 1 amide bonds. The van der Waals surface area contributed by atoms with Gasteiger partial charge in [-0.15, -0.1) is 0 Å². The molecular weight excluding hydrogens is 338 g/mol. The summed E-state index contributed by atoms with van der Waals surface area (Å²) in [6, 6.07) is 0. The van der Waals surface area contributed by atoms with Gasteiger partial charge in [-0.3, -0.25) is 4.79 Å². The first-order valence-electron chi connectivity index (χ1n) is 9.12. The Hall–Kier alpha value is -2.66. The summed E-state index contributed by atoms with van der Waals surface area (Å²) in [7, 11) is 0. The average Bonchev–Trinajstić information content (AvgIpc) is 2.68. The van der Waals surface area contributed by atoms with Gasteiger partial charge in [0, 0.05) is 18.7 Å². The van der Waals surface area contributed by atoms with Crippen LogP contribution in [0.4, 0.5) is 0 Å². The van der Waals surface area contributed by atoms with Crippen molar-refractivity contribution in [3.8, 4) is 0 Å². The predicted molar refractivity (Wildman–Crippen MR) is 115 cm³/mol. The standard InChI is InChI=1S/C22H33N3O2/c1-7-12-14-18(9-3)21(25-19(10-4)13-8-2)17(6)20(23)22(26)24-15-16-27-11-5/h7-10,12-14H,3,11,15-16,23H2,1-2,4-6H3,(H,24,26)/b12-7-,13-8-,18-14+,19-10+,20-17?,25-21-. The highest BCUT2D eigenvalue weighted by atomic mass is 16.5. The second-order valence-electron chi connectivity index (χ2n) is 5.52. The van der Waals surface area contributed by atoms with Crippen LogP contribution >= 0.6 is 0 Å². The largest absolute Gasteiger partial charge is 0.394 e. The Balaban J connectivity index is 6.00. The van der Waals surface area contributed by atoms with Crippen LogP contribution in [0.5, 0.6) is 0 Å². The molecule has 0 atom stereocenters. The molecule has 3 N–H and O–H groups in total. The molecule has 148 valence electrons. The minimum atomic E-state index is -0.345. The lowest BCUT2D eigenvalue weighted by atomic mass is 10.0. The van der Waals surface area contributed by atoms with Gasteiger partial charge in [-0.1, -0.05) is 43.0 Å². The van der Waals surface area contributed by atoms with E-state index in [0.717, 1.165) is 11.3 Å². The van der Waals surface area contributed by atoms with Crippen LogP contribution in [0.2, 0.25) is 0 Å². The third-order valence-corrected chi connectivity index (χ3v) is 3.58. The number of hydrogen-bond donors (Lipinski definition) is 2. The lowest BCUT2D eigenvalue weighted by molar-refractivity contribution is -0.117. The highest BCUT2D eigenvalue weighted by Gasteiger charge is 2.15. The number of aliphatic imine (C=N–C) groups is 1. The molecule has 0 aromatic carbocycles. The van der Waals surface area contributed by atoms with Gasteiger partial charge in [0.2, 0.25) is 0 Å². The smallest absolute Gasteiger partial charge is 0.267 e. The van der Waals surface area contributed by atoms with Gasteiger partial charge in [0.1, 0.15) is 5.70 Å². The summed E-state index contributed by atoms with van der Waals surface area (Å²) in [6.45, 7) is 14.8. The normalized spacial score (nSPS) is 14.6. The van der Waals surface area contributed by atoms with Crippen molar-refractivity contribution in [3.05, 3.63) is 71.7 Å². The Labute approximate surface area is 163 Å². The van der Waals surface area contributed by atoms with E-state index in [9.17, 15) is 4.79 Å². The molecule has 0 fully saturated rings. The maximum absolute atomic E-state index is 12.4. The van der Waals surface area contributed by atoms with Crippen molar-refractivity contribution in [1.82, 2.24) is 5.32 Å². The zero-order chi connectivity index (χ0) is 20.7. The van der Waals surface area contributed by atoms with Crippen molar-refractivity contribution in [2.75, 3.05) is 19.8 Å². The SMILES string of the molecule is C=CC(=C\C=C/C)/C(=N\C(\C=C/C)=C\C)C(C)=C(N)C(=O)NCCOCC. The summed E-state index contributed by atoms with van der Waals surface area (Å²) in [5.41, 5.74) is 8.97. The van der Waals surface area contributed by atoms with E-state index in [0.29, 0.717) is 31.0 Å². The molecule has 0 saturated heterocycles. The monoisotopic (exact) mass is 371 g/mol. The van der Waals surface area contributed by atoms with Gasteiger partial charge in [-0.25, -0.2) is 4.99 Å². The maximum Gasteiger partial charge on any atom is 0.267 e. The highest BCUT2D eigenvalue weighted by Crippen LogP contribution is 2.15. The number of allylic oxidation sites excluding steroid dienone is 9. The fraction of sp³-hybridized carbons (Fsp3) is 0.364. The van der Waals surface area contributed by atoms with Crippen molar-refractivity contribution in [2.45, 2.75) is 34.6 Å². The number of amides is 1. The first-order valence-corrected chi connectivity index (χ1v) is 9.12. The summed E-state index contributed by atoms with van der Waals surface area (Å²) in [4.78, 5) is 17.1. The van der Waals surface area contributed by atoms with Crippen LogP contribution in [-0.4, -0.2) is 31.4 Å². The number of hydrogen-bond acceptors (Lipinski definition) is 4. The number of rotatable bonds is 11. The third kappa shape index (κ3) is 9.01. The maximum atomic E-state index is 12.4. The van der Waals surface area contributed by atoms with E-state index in [1.54, 1.807) is 13.0 Å². The zero-order valence-electron chi connectivity index (χ0n) is 17.2. The first-order chi connectivity index (χ1) is 13.0. The molecule has 0 aliphatic rings. The van der Waals surface area contributed by atoms with E-state index in [1.807, 2.05) is 64.2 Å². The Morgan fingerprint density at radius 2 is 1.96 bits per heavy atom. The summed E-state index contributed by atoms with van der Waals surface area (Å²) < 4.78 is 5.23. The molecule has 5 heteroatoms. The molecule has 0 saturated carbocycles.